The van der Waals surface area contributed by atoms with Crippen LogP contribution in [0.3, 0.4) is 0 Å². The lowest BCUT2D eigenvalue weighted by molar-refractivity contribution is 0.122. The first-order valence-corrected chi connectivity index (χ1v) is 12.5. The predicted octanol–water partition coefficient (Wildman–Crippen LogP) is 6.02. The number of anilines is 2. The van der Waals surface area contributed by atoms with Crippen molar-refractivity contribution < 1.29 is 4.74 Å². The van der Waals surface area contributed by atoms with Crippen molar-refractivity contribution in [3.05, 3.63) is 83.7 Å². The van der Waals surface area contributed by atoms with E-state index in [0.29, 0.717) is 24.7 Å². The van der Waals surface area contributed by atoms with Crippen LogP contribution in [0, 0.1) is 0 Å². The van der Waals surface area contributed by atoms with Gasteiger partial charge in [0, 0.05) is 40.4 Å². The number of aromatic nitrogens is 4. The zero-order chi connectivity index (χ0) is 24.5. The van der Waals surface area contributed by atoms with Crippen LogP contribution < -0.4 is 10.6 Å². The van der Waals surface area contributed by atoms with Crippen LogP contribution in [0.25, 0.3) is 44.5 Å². The fraction of sp³-hybridized carbons (Fsp3) is 0.143. The van der Waals surface area contributed by atoms with Crippen molar-refractivity contribution in [2.24, 2.45) is 0 Å². The molecule has 1 saturated heterocycles. The molecule has 2 N–H and O–H groups in total. The Kier molecular flexibility index (Phi) is 7.32. The summed E-state index contributed by atoms with van der Waals surface area (Å²) in [5.74, 6) is 1.33. The van der Waals surface area contributed by atoms with Crippen molar-refractivity contribution in [3.63, 3.8) is 0 Å². The summed E-state index contributed by atoms with van der Waals surface area (Å²) in [6.45, 7) is 3.09. The Hall–Kier alpha value is -3.59. The van der Waals surface area contributed by atoms with E-state index in [0.717, 1.165) is 62.3 Å². The quantitative estimate of drug-likeness (QED) is 0.280. The number of nitrogen functional groups attached to an aromatic ring is 1. The topological polar surface area (TPSA) is 90.0 Å². The number of hydrogen-bond donors (Lipinski definition) is 1. The lowest BCUT2D eigenvalue weighted by Gasteiger charge is -2.27. The number of rotatable bonds is 4. The Labute approximate surface area is 229 Å². The fourth-order valence-corrected chi connectivity index (χ4v) is 5.05. The van der Waals surface area contributed by atoms with Gasteiger partial charge >= 0.3 is 0 Å². The molecule has 7 nitrogen and oxygen atoms in total. The van der Waals surface area contributed by atoms with Crippen molar-refractivity contribution in [2.45, 2.75) is 0 Å². The minimum absolute atomic E-state index is 0. The molecule has 0 aliphatic carbocycles. The zero-order valence-corrected chi connectivity index (χ0v) is 22.2. The van der Waals surface area contributed by atoms with Gasteiger partial charge in [-0.2, -0.15) is 0 Å². The van der Waals surface area contributed by atoms with E-state index in [1.165, 1.54) is 6.33 Å². The molecule has 9 heteroatoms. The van der Waals surface area contributed by atoms with Gasteiger partial charge in [0.05, 0.1) is 24.3 Å². The second-order valence-electron chi connectivity index (χ2n) is 8.55. The van der Waals surface area contributed by atoms with E-state index in [1.807, 2.05) is 36.5 Å². The van der Waals surface area contributed by atoms with Crippen molar-refractivity contribution in [1.82, 2.24) is 19.9 Å². The lowest BCUT2D eigenvalue weighted by Crippen LogP contribution is -2.36. The molecule has 5 aromatic rings. The molecule has 0 saturated carbocycles. The summed E-state index contributed by atoms with van der Waals surface area (Å²) in [5, 5.41) is 0.732. The fourth-order valence-electron chi connectivity index (χ4n) is 4.65. The maximum atomic E-state index is 6.44. The molecular weight excluding hydrogens is 552 g/mol. The highest BCUT2D eigenvalue weighted by atomic mass is 79.9. The van der Waals surface area contributed by atoms with Gasteiger partial charge in [-0.1, -0.05) is 58.4 Å². The highest BCUT2D eigenvalue weighted by Crippen LogP contribution is 2.44. The number of hydrogen-bond acceptors (Lipinski definition) is 7. The predicted molar refractivity (Wildman–Crippen MR) is 154 cm³/mol. The summed E-state index contributed by atoms with van der Waals surface area (Å²) in [6, 6.07) is 22.5. The molecule has 0 spiro atoms. The average molecular weight is 576 g/mol. The van der Waals surface area contributed by atoms with E-state index in [-0.39, 0.29) is 12.4 Å². The third-order valence-corrected chi connectivity index (χ3v) is 6.84. The summed E-state index contributed by atoms with van der Waals surface area (Å²) in [6.07, 6.45) is 3.35. The van der Waals surface area contributed by atoms with E-state index in [2.05, 4.69) is 67.2 Å². The molecule has 2 aromatic carbocycles. The molecular formula is C28H24BrClN6O. The summed E-state index contributed by atoms with van der Waals surface area (Å²) in [4.78, 5) is 20.9. The molecule has 0 radical (unpaired) electrons. The Bertz CT molecular complexity index is 1540. The van der Waals surface area contributed by atoms with Gasteiger partial charge in [0.25, 0.3) is 0 Å². The molecule has 0 bridgehead atoms. The average Bonchev–Trinajstić information content (AvgIpc) is 2.93. The third kappa shape index (κ3) is 4.87. The number of benzene rings is 2. The smallest absolute Gasteiger partial charge is 0.165 e. The molecule has 4 heterocycles. The molecule has 1 aliphatic rings. The summed E-state index contributed by atoms with van der Waals surface area (Å²) < 4.78 is 6.46. The number of fused-ring (bicyclic) bond motifs is 1. The monoisotopic (exact) mass is 574 g/mol. The zero-order valence-electron chi connectivity index (χ0n) is 19.8. The van der Waals surface area contributed by atoms with Crippen LogP contribution in [0.4, 0.5) is 11.6 Å². The van der Waals surface area contributed by atoms with Crippen LogP contribution in [0.5, 0.6) is 0 Å². The van der Waals surface area contributed by atoms with Crippen LogP contribution in [0.1, 0.15) is 0 Å². The molecule has 0 amide bonds. The number of nitrogens with zero attached hydrogens (tertiary/aromatic N) is 5. The number of morpholine rings is 1. The van der Waals surface area contributed by atoms with E-state index in [4.69, 9.17) is 20.4 Å². The first-order chi connectivity index (χ1) is 17.7. The Balaban J connectivity index is 0.00000280. The number of pyridine rings is 2. The van der Waals surface area contributed by atoms with Crippen LogP contribution in [-0.2, 0) is 4.74 Å². The minimum atomic E-state index is 0. The molecule has 0 unspecified atom stereocenters. The minimum Gasteiger partial charge on any atom is -0.383 e. The van der Waals surface area contributed by atoms with Gasteiger partial charge in [-0.3, -0.25) is 0 Å². The number of ether oxygens (including phenoxy) is 1. The highest BCUT2D eigenvalue weighted by Gasteiger charge is 2.23. The second kappa shape index (κ2) is 10.8. The maximum absolute atomic E-state index is 6.44. The van der Waals surface area contributed by atoms with Gasteiger partial charge in [0.2, 0.25) is 0 Å². The van der Waals surface area contributed by atoms with E-state index in [9.17, 15) is 0 Å². The van der Waals surface area contributed by atoms with Gasteiger partial charge in [-0.05, 0) is 35.4 Å². The van der Waals surface area contributed by atoms with Gasteiger partial charge in [0.15, 0.2) is 5.65 Å². The molecule has 186 valence electrons. The number of nitrogens with two attached hydrogens (primary N) is 1. The Morgan fingerprint density at radius 3 is 2.32 bits per heavy atom. The molecule has 0 atom stereocenters. The van der Waals surface area contributed by atoms with E-state index >= 15 is 0 Å². The molecule has 1 fully saturated rings. The van der Waals surface area contributed by atoms with Crippen molar-refractivity contribution in [2.75, 3.05) is 36.9 Å². The SMILES string of the molecule is Cl.Nc1ncnc2nc(-c3ccc(N4CCOCC4)nc3)c(-c3ccccc3)c(-c3cccc(Br)c3)c12. The second-order valence-corrected chi connectivity index (χ2v) is 9.46. The first kappa shape index (κ1) is 25.1. The lowest BCUT2D eigenvalue weighted by atomic mass is 9.89. The molecule has 3 aromatic heterocycles. The molecule has 1 aliphatic heterocycles. The number of halogens is 2. The molecule has 6 rings (SSSR count). The van der Waals surface area contributed by atoms with Gasteiger partial charge in [-0.15, -0.1) is 12.4 Å². The normalized spacial score (nSPS) is 13.4. The molecule has 37 heavy (non-hydrogen) atoms. The van der Waals surface area contributed by atoms with Gasteiger partial charge < -0.3 is 15.4 Å². The van der Waals surface area contributed by atoms with Crippen molar-refractivity contribution >= 4 is 51.0 Å². The summed E-state index contributed by atoms with van der Waals surface area (Å²) >= 11 is 3.63. The van der Waals surface area contributed by atoms with Crippen LogP contribution >= 0.6 is 28.3 Å². The van der Waals surface area contributed by atoms with E-state index < -0.39 is 0 Å². The largest absolute Gasteiger partial charge is 0.383 e. The van der Waals surface area contributed by atoms with Crippen LogP contribution in [0.15, 0.2) is 83.7 Å². The first-order valence-electron chi connectivity index (χ1n) is 11.7. The summed E-state index contributed by atoms with van der Waals surface area (Å²) in [7, 11) is 0. The third-order valence-electron chi connectivity index (χ3n) is 6.34. The van der Waals surface area contributed by atoms with Crippen LogP contribution in [-0.4, -0.2) is 46.2 Å². The Morgan fingerprint density at radius 1 is 0.811 bits per heavy atom. The highest BCUT2D eigenvalue weighted by molar-refractivity contribution is 9.10. The van der Waals surface area contributed by atoms with E-state index in [1.54, 1.807) is 0 Å². The van der Waals surface area contributed by atoms with Crippen LogP contribution in [0.2, 0.25) is 0 Å². The standard InChI is InChI=1S/C28H23BrN6O.ClH/c29-21-8-4-7-19(15-21)23-24(18-5-2-1-3-6-18)26(34-28-25(23)27(30)32-17-33-28)20-9-10-22(31-16-20)35-11-13-36-14-12-35;/h1-10,15-17H,11-14H2,(H2,30,32,33,34);1H. The Morgan fingerprint density at radius 2 is 1.59 bits per heavy atom. The summed E-state index contributed by atoms with van der Waals surface area (Å²) in [5.41, 5.74) is 12.6. The van der Waals surface area contributed by atoms with Gasteiger partial charge in [-0.25, -0.2) is 19.9 Å². The van der Waals surface area contributed by atoms with Crippen molar-refractivity contribution in [3.8, 4) is 33.5 Å². The van der Waals surface area contributed by atoms with Crippen molar-refractivity contribution in [1.29, 1.82) is 0 Å². The maximum Gasteiger partial charge on any atom is 0.165 e. The van der Waals surface area contributed by atoms with Gasteiger partial charge in [0.1, 0.15) is 18.0 Å².